The van der Waals surface area contributed by atoms with E-state index in [1.165, 1.54) is 30.4 Å². The molecule has 2 aliphatic carbocycles. The van der Waals surface area contributed by atoms with Gasteiger partial charge in [0.15, 0.2) is 0 Å². The molecule has 0 nitrogen and oxygen atoms in total. The average Bonchev–Trinajstić information content (AvgIpc) is 3.58. The molecular weight excluding hydrogens is 300 g/mol. The van der Waals surface area contributed by atoms with Gasteiger partial charge in [0.2, 0.25) is 0 Å². The van der Waals surface area contributed by atoms with E-state index in [4.69, 9.17) is 0 Å². The third kappa shape index (κ3) is 8.17. The zero-order valence-electron chi connectivity index (χ0n) is 15.2. The highest BCUT2D eigenvalue weighted by molar-refractivity contribution is 5.57. The van der Waals surface area contributed by atoms with Crippen LogP contribution >= 0.6 is 0 Å². The molecule has 4 rings (SSSR count). The van der Waals surface area contributed by atoms with Gasteiger partial charge in [0, 0.05) is 0 Å². The van der Waals surface area contributed by atoms with Crippen LogP contribution in [0.15, 0.2) is 97.1 Å². The lowest BCUT2D eigenvalue weighted by molar-refractivity contribution is 1.02. The second-order valence-corrected chi connectivity index (χ2v) is 6.41. The summed E-state index contributed by atoms with van der Waals surface area (Å²) in [5.41, 5.74) is 5.65. The minimum Gasteiger partial charge on any atom is -0.0991 e. The van der Waals surface area contributed by atoms with Gasteiger partial charge in [0.05, 0.1) is 0 Å². The third-order valence-corrected chi connectivity index (χ3v) is 4.09. The van der Waals surface area contributed by atoms with E-state index in [1.54, 1.807) is 11.1 Å². The predicted molar refractivity (Wildman–Crippen MR) is 112 cm³/mol. The van der Waals surface area contributed by atoms with E-state index in [2.05, 4.69) is 62.6 Å². The van der Waals surface area contributed by atoms with Gasteiger partial charge in [0.1, 0.15) is 0 Å². The van der Waals surface area contributed by atoms with Crippen LogP contribution in [0.3, 0.4) is 0 Å². The molecule has 1 atom stereocenters. The summed E-state index contributed by atoms with van der Waals surface area (Å²) in [4.78, 5) is 0. The molecule has 2 fully saturated rings. The van der Waals surface area contributed by atoms with Crippen molar-refractivity contribution in [2.75, 3.05) is 0 Å². The molecule has 1 unspecified atom stereocenters. The van der Waals surface area contributed by atoms with Crippen LogP contribution in [0.1, 0.15) is 37.3 Å². The van der Waals surface area contributed by atoms with Gasteiger partial charge in [0.25, 0.3) is 0 Å². The molecule has 0 saturated heterocycles. The molecule has 25 heavy (non-hydrogen) atoms. The summed E-state index contributed by atoms with van der Waals surface area (Å²) in [5.74, 6) is 0.843. The molecule has 0 aromatic heterocycles. The molecule has 0 heteroatoms. The average molecular weight is 328 g/mol. The van der Waals surface area contributed by atoms with Gasteiger partial charge in [-0.2, -0.15) is 0 Å². The summed E-state index contributed by atoms with van der Waals surface area (Å²) in [6.45, 7) is 9.47. The summed E-state index contributed by atoms with van der Waals surface area (Å²) in [6, 6.07) is 20.5. The SMILES string of the molecule is C=CC=C1CC1.C=Cc1ccccc1.CC1CC1=Cc1ccccc1. The van der Waals surface area contributed by atoms with Gasteiger partial charge >= 0.3 is 0 Å². The van der Waals surface area contributed by atoms with Gasteiger partial charge in [-0.15, -0.1) is 0 Å². The molecule has 2 saturated carbocycles. The molecule has 0 heterocycles. The van der Waals surface area contributed by atoms with Gasteiger partial charge < -0.3 is 0 Å². The Hall–Kier alpha value is -2.60. The Bertz CT molecular complexity index is 711. The van der Waals surface area contributed by atoms with Crippen LogP contribution in [0.25, 0.3) is 12.2 Å². The van der Waals surface area contributed by atoms with Crippen molar-refractivity contribution in [2.24, 2.45) is 5.92 Å². The Morgan fingerprint density at radius 1 is 0.840 bits per heavy atom. The highest BCUT2D eigenvalue weighted by Crippen LogP contribution is 2.38. The summed E-state index contributed by atoms with van der Waals surface area (Å²) in [6.07, 6.45) is 12.0. The van der Waals surface area contributed by atoms with E-state index >= 15 is 0 Å². The number of hydrogen-bond acceptors (Lipinski definition) is 0. The first kappa shape index (κ1) is 18.7. The molecule has 0 aliphatic heterocycles. The van der Waals surface area contributed by atoms with E-state index in [9.17, 15) is 0 Å². The maximum Gasteiger partial charge on any atom is -0.0191 e. The number of rotatable bonds is 3. The lowest BCUT2D eigenvalue weighted by atomic mass is 10.2. The Balaban J connectivity index is 0.000000142. The van der Waals surface area contributed by atoms with E-state index in [-0.39, 0.29) is 0 Å². The van der Waals surface area contributed by atoms with Crippen LogP contribution in [0.2, 0.25) is 0 Å². The van der Waals surface area contributed by atoms with E-state index in [0.29, 0.717) is 0 Å². The van der Waals surface area contributed by atoms with Crippen molar-refractivity contribution >= 4 is 12.2 Å². The fourth-order valence-electron chi connectivity index (χ4n) is 2.25. The summed E-state index contributed by atoms with van der Waals surface area (Å²) < 4.78 is 0. The van der Waals surface area contributed by atoms with Crippen LogP contribution in [0.5, 0.6) is 0 Å². The molecule has 0 radical (unpaired) electrons. The lowest BCUT2D eigenvalue weighted by Crippen LogP contribution is -1.67. The van der Waals surface area contributed by atoms with Gasteiger partial charge in [-0.25, -0.2) is 0 Å². The normalized spacial score (nSPS) is 18.0. The zero-order chi connectivity index (χ0) is 17.9. The first-order valence-electron chi connectivity index (χ1n) is 8.96. The maximum absolute atomic E-state index is 3.63. The minimum atomic E-state index is 0.843. The van der Waals surface area contributed by atoms with Crippen molar-refractivity contribution in [3.8, 4) is 0 Å². The molecular formula is C25H28. The predicted octanol–water partition coefficient (Wildman–Crippen LogP) is 7.33. The monoisotopic (exact) mass is 328 g/mol. The van der Waals surface area contributed by atoms with Crippen molar-refractivity contribution in [2.45, 2.75) is 26.2 Å². The molecule has 0 spiro atoms. The standard InChI is InChI=1S/C11H12.C8H8.C6H8/c1-9-7-11(9)8-10-5-3-2-4-6-10;1-2-8-6-4-3-5-7-8;1-2-3-6-4-5-6/h2-6,8-9H,7H2,1H3;2-7H,1H2;2-3H,1,4-5H2. The Morgan fingerprint density at radius 3 is 1.68 bits per heavy atom. The fourth-order valence-corrected chi connectivity index (χ4v) is 2.25. The van der Waals surface area contributed by atoms with Gasteiger partial charge in [-0.05, 0) is 36.3 Å². The van der Waals surface area contributed by atoms with Crippen LogP contribution in [0.4, 0.5) is 0 Å². The van der Waals surface area contributed by atoms with Crippen molar-refractivity contribution in [3.63, 3.8) is 0 Å². The lowest BCUT2D eigenvalue weighted by Gasteiger charge is -1.88. The fraction of sp³-hybridized carbons (Fsp3) is 0.200. The van der Waals surface area contributed by atoms with Gasteiger partial charge in [-0.1, -0.05) is 116 Å². The van der Waals surface area contributed by atoms with Crippen molar-refractivity contribution < 1.29 is 0 Å². The summed E-state index contributed by atoms with van der Waals surface area (Å²) in [7, 11) is 0. The second kappa shape index (κ2) is 10.3. The topological polar surface area (TPSA) is 0 Å². The van der Waals surface area contributed by atoms with Gasteiger partial charge in [-0.3, -0.25) is 0 Å². The molecule has 128 valence electrons. The highest BCUT2D eigenvalue weighted by Gasteiger charge is 2.23. The Labute approximate surface area is 152 Å². The summed E-state index contributed by atoms with van der Waals surface area (Å²) in [5, 5.41) is 0. The van der Waals surface area contributed by atoms with Crippen LogP contribution in [-0.4, -0.2) is 0 Å². The van der Waals surface area contributed by atoms with Crippen LogP contribution in [-0.2, 0) is 0 Å². The Morgan fingerprint density at radius 2 is 1.36 bits per heavy atom. The smallest absolute Gasteiger partial charge is 0.0191 e. The van der Waals surface area contributed by atoms with Crippen molar-refractivity contribution in [1.29, 1.82) is 0 Å². The first-order valence-corrected chi connectivity index (χ1v) is 8.96. The zero-order valence-corrected chi connectivity index (χ0v) is 15.2. The van der Waals surface area contributed by atoms with Crippen LogP contribution in [0, 0.1) is 5.92 Å². The number of hydrogen-bond donors (Lipinski definition) is 0. The molecule has 0 amide bonds. The highest BCUT2D eigenvalue weighted by atomic mass is 14.3. The van der Waals surface area contributed by atoms with E-state index in [0.717, 1.165) is 5.92 Å². The maximum atomic E-state index is 3.63. The van der Waals surface area contributed by atoms with E-state index < -0.39 is 0 Å². The Kier molecular flexibility index (Phi) is 7.72. The molecule has 0 bridgehead atoms. The molecule has 2 aliphatic rings. The summed E-state index contributed by atoms with van der Waals surface area (Å²) >= 11 is 0. The minimum absolute atomic E-state index is 0.843. The number of allylic oxidation sites excluding steroid dienone is 4. The largest absolute Gasteiger partial charge is 0.0991 e. The van der Waals surface area contributed by atoms with Crippen LogP contribution < -0.4 is 0 Å². The third-order valence-electron chi connectivity index (χ3n) is 4.09. The number of benzene rings is 2. The second-order valence-electron chi connectivity index (χ2n) is 6.41. The molecule has 0 N–H and O–H groups in total. The first-order chi connectivity index (χ1) is 12.2. The molecule has 2 aromatic rings. The quantitative estimate of drug-likeness (QED) is 0.553. The van der Waals surface area contributed by atoms with Crippen molar-refractivity contribution in [1.82, 2.24) is 0 Å². The molecule has 2 aromatic carbocycles. The van der Waals surface area contributed by atoms with Crippen molar-refractivity contribution in [3.05, 3.63) is 108 Å². The van der Waals surface area contributed by atoms with E-state index in [1.807, 2.05) is 42.5 Å².